The third kappa shape index (κ3) is 3.62. The Morgan fingerprint density at radius 1 is 1.16 bits per heavy atom. The molecule has 0 unspecified atom stereocenters. The molecule has 0 radical (unpaired) electrons. The third-order valence-electron chi connectivity index (χ3n) is 7.12. The standard InChI is InChI=1S/C25H21N9O3S/c26-21-16-12-19(38-24(16)34(30-21)20-3-1-2-8-27-20)23(36)33-9-6-25(7-10-33)13-17(35)15-11-14(4-5-18(15)37-25)22-28-31-32-29-22/h1-5,8,11-12H,6-7,9-10,13H2,(H2,26,30)(H,28,29,31,32). The molecule has 6 heterocycles. The number of fused-ring (bicyclic) bond motifs is 2. The van der Waals surface area contributed by atoms with Gasteiger partial charge in [-0.2, -0.15) is 5.21 Å². The van der Waals surface area contributed by atoms with Crippen LogP contribution >= 0.6 is 11.3 Å². The number of aromatic amines is 1. The van der Waals surface area contributed by atoms with Gasteiger partial charge in [-0.25, -0.2) is 9.67 Å². The molecule has 1 spiro atoms. The fourth-order valence-corrected chi connectivity index (χ4v) is 6.23. The Labute approximate surface area is 219 Å². The first-order chi connectivity index (χ1) is 18.5. The molecule has 190 valence electrons. The molecule has 1 fully saturated rings. The number of anilines is 1. The van der Waals surface area contributed by atoms with E-state index < -0.39 is 5.60 Å². The number of piperidine rings is 1. The second-order valence-corrected chi connectivity index (χ2v) is 10.5. The number of rotatable bonds is 3. The number of hydrogen-bond acceptors (Lipinski definition) is 10. The van der Waals surface area contributed by atoms with Gasteiger partial charge < -0.3 is 15.4 Å². The number of nitrogens with two attached hydrogens (primary N) is 1. The number of carbonyl (C=O) groups is 2. The smallest absolute Gasteiger partial charge is 0.264 e. The number of tetrazole rings is 1. The van der Waals surface area contributed by atoms with Gasteiger partial charge in [-0.05, 0) is 41.6 Å². The molecule has 1 aromatic carbocycles. The molecule has 0 saturated carbocycles. The number of carbonyl (C=O) groups excluding carboxylic acids is 2. The Morgan fingerprint density at radius 3 is 2.79 bits per heavy atom. The zero-order valence-electron chi connectivity index (χ0n) is 20.0. The summed E-state index contributed by atoms with van der Waals surface area (Å²) in [7, 11) is 0. The lowest BCUT2D eigenvalue weighted by Gasteiger charge is -2.43. The molecule has 38 heavy (non-hydrogen) atoms. The molecule has 0 atom stereocenters. The summed E-state index contributed by atoms with van der Waals surface area (Å²) < 4.78 is 8.06. The van der Waals surface area contributed by atoms with Crippen LogP contribution in [0, 0.1) is 0 Å². The minimum Gasteiger partial charge on any atom is -0.486 e. The van der Waals surface area contributed by atoms with Crippen molar-refractivity contribution in [3.63, 3.8) is 0 Å². The van der Waals surface area contributed by atoms with Crippen LogP contribution in [0.4, 0.5) is 5.82 Å². The van der Waals surface area contributed by atoms with E-state index in [0.29, 0.717) is 65.1 Å². The molecule has 12 nitrogen and oxygen atoms in total. The number of likely N-dealkylation sites (tertiary alicyclic amines) is 1. The summed E-state index contributed by atoms with van der Waals surface area (Å²) in [5, 5.41) is 19.1. The summed E-state index contributed by atoms with van der Waals surface area (Å²) >= 11 is 1.35. The zero-order valence-corrected chi connectivity index (χ0v) is 20.8. The Morgan fingerprint density at radius 2 is 2.03 bits per heavy atom. The van der Waals surface area contributed by atoms with Gasteiger partial charge in [0.25, 0.3) is 5.91 Å². The lowest BCUT2D eigenvalue weighted by Crippen LogP contribution is -2.52. The highest BCUT2D eigenvalue weighted by Gasteiger charge is 2.44. The van der Waals surface area contributed by atoms with E-state index in [2.05, 4.69) is 30.7 Å². The largest absolute Gasteiger partial charge is 0.486 e. The molecule has 13 heteroatoms. The molecule has 2 aliphatic rings. The number of nitrogens with zero attached hydrogens (tertiary/aromatic N) is 7. The average molecular weight is 528 g/mol. The van der Waals surface area contributed by atoms with Gasteiger partial charge in [-0.15, -0.1) is 26.6 Å². The normalized spacial score (nSPS) is 16.5. The van der Waals surface area contributed by atoms with E-state index in [0.717, 1.165) is 10.2 Å². The number of nitrogens with one attached hydrogen (secondary N) is 1. The maximum atomic E-state index is 13.4. The number of benzene rings is 1. The second-order valence-electron chi connectivity index (χ2n) is 9.44. The van der Waals surface area contributed by atoms with Crippen LogP contribution in [-0.4, -0.2) is 70.7 Å². The number of Topliss-reactive ketones (excluding diaryl/α,β-unsaturated/α-hetero) is 1. The van der Waals surface area contributed by atoms with E-state index >= 15 is 0 Å². The molecule has 7 rings (SSSR count). The molecule has 1 amide bonds. The Balaban J connectivity index is 1.09. The Hall–Kier alpha value is -4.65. The summed E-state index contributed by atoms with van der Waals surface area (Å²) in [5.74, 6) is 1.90. The number of ketones is 1. The van der Waals surface area contributed by atoms with E-state index in [-0.39, 0.29) is 18.1 Å². The van der Waals surface area contributed by atoms with Gasteiger partial charge in [-0.3, -0.25) is 9.59 Å². The van der Waals surface area contributed by atoms with Crippen molar-refractivity contribution in [2.75, 3.05) is 18.8 Å². The first kappa shape index (κ1) is 22.5. The van der Waals surface area contributed by atoms with Gasteiger partial charge in [0.2, 0.25) is 5.82 Å². The minimum absolute atomic E-state index is 0.00966. The predicted octanol–water partition coefficient (Wildman–Crippen LogP) is 2.88. The highest BCUT2D eigenvalue weighted by molar-refractivity contribution is 7.20. The van der Waals surface area contributed by atoms with Gasteiger partial charge in [-0.1, -0.05) is 6.07 Å². The molecule has 2 aliphatic heterocycles. The van der Waals surface area contributed by atoms with E-state index in [4.69, 9.17) is 10.5 Å². The van der Waals surface area contributed by atoms with Crippen molar-refractivity contribution in [3.05, 3.63) is 59.1 Å². The molecule has 0 aliphatic carbocycles. The van der Waals surface area contributed by atoms with Crippen LogP contribution in [0.3, 0.4) is 0 Å². The average Bonchev–Trinajstić information content (AvgIpc) is 3.68. The molecule has 4 aromatic heterocycles. The summed E-state index contributed by atoms with van der Waals surface area (Å²) in [6, 6.07) is 12.7. The van der Waals surface area contributed by atoms with E-state index in [9.17, 15) is 9.59 Å². The number of amides is 1. The van der Waals surface area contributed by atoms with Crippen molar-refractivity contribution in [2.45, 2.75) is 24.9 Å². The molecule has 3 N–H and O–H groups in total. The van der Waals surface area contributed by atoms with Crippen molar-refractivity contribution in [1.29, 1.82) is 0 Å². The maximum Gasteiger partial charge on any atom is 0.264 e. The zero-order chi connectivity index (χ0) is 25.9. The van der Waals surface area contributed by atoms with Gasteiger partial charge >= 0.3 is 0 Å². The quantitative estimate of drug-likeness (QED) is 0.360. The highest BCUT2D eigenvalue weighted by atomic mass is 32.1. The van der Waals surface area contributed by atoms with Gasteiger partial charge in [0.15, 0.2) is 17.4 Å². The summed E-state index contributed by atoms with van der Waals surface area (Å²) in [5.41, 5.74) is 6.73. The molecule has 5 aromatic rings. The van der Waals surface area contributed by atoms with Crippen LogP contribution in [0.1, 0.15) is 39.3 Å². The van der Waals surface area contributed by atoms with Crippen molar-refractivity contribution in [1.82, 2.24) is 40.3 Å². The number of thiophene rings is 1. The van der Waals surface area contributed by atoms with E-state index in [1.807, 2.05) is 29.2 Å². The van der Waals surface area contributed by atoms with Crippen molar-refractivity contribution >= 4 is 39.1 Å². The second kappa shape index (κ2) is 8.45. The number of nitrogen functional groups attached to an aromatic ring is 1. The van der Waals surface area contributed by atoms with Crippen LogP contribution in [0.2, 0.25) is 0 Å². The molecular formula is C25H21N9O3S. The van der Waals surface area contributed by atoms with Crippen LogP contribution < -0.4 is 10.5 Å². The number of hydrogen-bond donors (Lipinski definition) is 2. The lowest BCUT2D eigenvalue weighted by molar-refractivity contribution is -0.00557. The highest BCUT2D eigenvalue weighted by Crippen LogP contribution is 2.41. The fraction of sp³-hybridized carbons (Fsp3) is 0.240. The van der Waals surface area contributed by atoms with Crippen LogP contribution in [0.25, 0.3) is 27.4 Å². The lowest BCUT2D eigenvalue weighted by atomic mass is 9.82. The monoisotopic (exact) mass is 527 g/mol. The molecular weight excluding hydrogens is 506 g/mol. The molecule has 0 bridgehead atoms. The fourth-order valence-electron chi connectivity index (χ4n) is 5.14. The number of ether oxygens (including phenoxy) is 1. The van der Waals surface area contributed by atoms with Gasteiger partial charge in [0, 0.05) is 37.7 Å². The first-order valence-electron chi connectivity index (χ1n) is 12.1. The van der Waals surface area contributed by atoms with E-state index in [1.165, 1.54) is 11.3 Å². The maximum absolute atomic E-state index is 13.4. The van der Waals surface area contributed by atoms with Crippen molar-refractivity contribution in [3.8, 4) is 23.0 Å². The summed E-state index contributed by atoms with van der Waals surface area (Å²) in [4.78, 5) is 34.1. The van der Waals surface area contributed by atoms with Crippen LogP contribution in [0.15, 0.2) is 48.7 Å². The number of pyridine rings is 1. The summed E-state index contributed by atoms with van der Waals surface area (Å²) in [6.07, 6.45) is 3.07. The van der Waals surface area contributed by atoms with Crippen molar-refractivity contribution < 1.29 is 14.3 Å². The van der Waals surface area contributed by atoms with Crippen LogP contribution in [-0.2, 0) is 0 Å². The number of H-pyrrole nitrogens is 1. The Kier molecular flexibility index (Phi) is 5.01. The third-order valence-corrected chi connectivity index (χ3v) is 8.22. The Bertz CT molecular complexity index is 1690. The van der Waals surface area contributed by atoms with E-state index in [1.54, 1.807) is 29.1 Å². The number of aromatic nitrogens is 7. The van der Waals surface area contributed by atoms with Gasteiger partial charge in [0.05, 0.1) is 22.2 Å². The van der Waals surface area contributed by atoms with Crippen LogP contribution in [0.5, 0.6) is 5.75 Å². The summed E-state index contributed by atoms with van der Waals surface area (Å²) in [6.45, 7) is 0.969. The van der Waals surface area contributed by atoms with Crippen molar-refractivity contribution in [2.24, 2.45) is 0 Å². The first-order valence-corrected chi connectivity index (χ1v) is 12.9. The predicted molar refractivity (Wildman–Crippen MR) is 138 cm³/mol. The molecule has 1 saturated heterocycles. The van der Waals surface area contributed by atoms with Gasteiger partial charge in [0.1, 0.15) is 16.2 Å². The minimum atomic E-state index is -0.626. The topological polar surface area (TPSA) is 158 Å². The SMILES string of the molecule is Nc1nn(-c2ccccn2)c2sc(C(=O)N3CCC4(CC3)CC(=O)c3cc(-c5nn[nH]n5)ccc3O4)cc12.